The molecule has 4 aliphatic heterocycles. The van der Waals surface area contributed by atoms with Crippen LogP contribution >= 0.6 is 11.8 Å². The molecule has 54 heavy (non-hydrogen) atoms. The Bertz CT molecular complexity index is 1290. The van der Waals surface area contributed by atoms with Crippen molar-refractivity contribution in [2.24, 2.45) is 17.8 Å². The molecular formula is C40H71NO12S. The first-order valence-electron chi connectivity index (χ1n) is 19.8. The van der Waals surface area contributed by atoms with Crippen LogP contribution < -0.4 is 0 Å². The average Bonchev–Trinajstić information content (AvgIpc) is 3.45. The molecule has 0 amide bonds. The summed E-state index contributed by atoms with van der Waals surface area (Å²) >= 11 is 1.47. The van der Waals surface area contributed by atoms with E-state index in [2.05, 4.69) is 4.90 Å². The Balaban J connectivity index is 1.86. The minimum Gasteiger partial charge on any atom is -0.489 e. The fraction of sp³-hybridized carbons (Fsp3) is 0.925. The zero-order chi connectivity index (χ0) is 40.5. The van der Waals surface area contributed by atoms with Crippen LogP contribution in [0, 0.1) is 17.8 Å². The van der Waals surface area contributed by atoms with Gasteiger partial charge in [0.05, 0.1) is 41.9 Å². The summed E-state index contributed by atoms with van der Waals surface area (Å²) in [6.45, 7) is 21.6. The Morgan fingerprint density at radius 1 is 0.981 bits per heavy atom. The van der Waals surface area contributed by atoms with Crippen molar-refractivity contribution in [2.75, 3.05) is 32.9 Å². The van der Waals surface area contributed by atoms with Gasteiger partial charge in [0.2, 0.25) is 0 Å². The maximum atomic E-state index is 14.5. The molecule has 314 valence electrons. The zero-order valence-corrected chi connectivity index (χ0v) is 36.0. The molecule has 4 aliphatic rings. The van der Waals surface area contributed by atoms with Gasteiger partial charge in [0.25, 0.3) is 0 Å². The lowest BCUT2D eigenvalue weighted by molar-refractivity contribution is -0.317. The van der Waals surface area contributed by atoms with E-state index < -0.39 is 95.8 Å². The highest BCUT2D eigenvalue weighted by Gasteiger charge is 2.56. The number of carbonyl (C=O) groups excluding carboxylic acids is 1. The number of likely N-dealkylation sites (N-methyl/N-ethyl adjacent to an activating group) is 1. The SMILES string of the molecule is CC[C@H]1OC(=O)[C@H](C)[C@@H](O[C@H]2C[C@@](C)(OC)[C@@H](O)[C@H](C)O2)[C@H](C)[C@@H](O[C@@H]2O[C@H](C)C[C@H](N(C)CC)[C@H]2O)[C@@]2(C)CC(C)=C(O2)[C@H](C)[C@@H](O)[C@]1(C)OCSC. The maximum absolute atomic E-state index is 14.5. The maximum Gasteiger partial charge on any atom is 0.311 e. The fourth-order valence-corrected chi connectivity index (χ4v) is 9.60. The summed E-state index contributed by atoms with van der Waals surface area (Å²) in [6.07, 6.45) is -4.65. The number of methoxy groups -OCH3 is 1. The minimum atomic E-state index is -1.29. The second kappa shape index (κ2) is 18.3. The molecule has 4 rings (SSSR count). The summed E-state index contributed by atoms with van der Waals surface area (Å²) in [5.41, 5.74) is -2.36. The topological polar surface area (TPSA) is 155 Å². The summed E-state index contributed by atoms with van der Waals surface area (Å²) in [5.74, 6) is -1.65. The molecule has 3 saturated heterocycles. The van der Waals surface area contributed by atoms with Gasteiger partial charge < -0.3 is 58.1 Å². The molecule has 0 spiro atoms. The number of hydrogen-bond donors (Lipinski definition) is 3. The zero-order valence-electron chi connectivity index (χ0n) is 35.2. The molecule has 3 fully saturated rings. The van der Waals surface area contributed by atoms with Crippen molar-refractivity contribution in [1.29, 1.82) is 0 Å². The molecule has 17 atom stereocenters. The molecule has 2 bridgehead atoms. The Labute approximate surface area is 328 Å². The van der Waals surface area contributed by atoms with Crippen LogP contribution in [0.2, 0.25) is 0 Å². The lowest BCUT2D eigenvalue weighted by atomic mass is 9.78. The second-order valence-electron chi connectivity index (χ2n) is 17.0. The Kier molecular flexibility index (Phi) is 15.4. The number of hydrogen-bond acceptors (Lipinski definition) is 14. The second-order valence-corrected chi connectivity index (χ2v) is 17.8. The van der Waals surface area contributed by atoms with Crippen LogP contribution in [0.25, 0.3) is 0 Å². The third-order valence-corrected chi connectivity index (χ3v) is 13.2. The third-order valence-electron chi connectivity index (χ3n) is 12.8. The summed E-state index contributed by atoms with van der Waals surface area (Å²) in [7, 11) is 3.52. The van der Waals surface area contributed by atoms with Crippen LogP contribution in [0.15, 0.2) is 11.3 Å². The van der Waals surface area contributed by atoms with Crippen molar-refractivity contribution >= 4 is 17.7 Å². The minimum absolute atomic E-state index is 0.193. The molecule has 0 saturated carbocycles. The van der Waals surface area contributed by atoms with Crippen molar-refractivity contribution in [3.8, 4) is 0 Å². The van der Waals surface area contributed by atoms with Crippen LogP contribution in [-0.2, 0) is 42.7 Å². The van der Waals surface area contributed by atoms with E-state index in [0.29, 0.717) is 25.0 Å². The quantitative estimate of drug-likeness (QED) is 0.197. The number of thioether (sulfide) groups is 1. The molecule has 0 aromatic rings. The van der Waals surface area contributed by atoms with Crippen LogP contribution in [0.3, 0.4) is 0 Å². The number of aliphatic hydroxyl groups excluding tert-OH is 3. The normalized spacial score (nSPS) is 46.7. The number of rotatable bonds is 11. The van der Waals surface area contributed by atoms with E-state index in [1.165, 1.54) is 11.8 Å². The van der Waals surface area contributed by atoms with Crippen molar-refractivity contribution < 1.29 is 58.0 Å². The number of fused-ring (bicyclic) bond motifs is 2. The highest BCUT2D eigenvalue weighted by Crippen LogP contribution is 2.48. The Morgan fingerprint density at radius 3 is 2.24 bits per heavy atom. The number of cyclic esters (lactones) is 1. The van der Waals surface area contributed by atoms with E-state index in [0.717, 1.165) is 12.1 Å². The first-order valence-corrected chi connectivity index (χ1v) is 21.2. The van der Waals surface area contributed by atoms with Gasteiger partial charge in [-0.2, -0.15) is 0 Å². The monoisotopic (exact) mass is 789 g/mol. The van der Waals surface area contributed by atoms with E-state index >= 15 is 0 Å². The molecule has 4 heterocycles. The van der Waals surface area contributed by atoms with Crippen LogP contribution in [-0.4, -0.2) is 143 Å². The van der Waals surface area contributed by atoms with Gasteiger partial charge in [0, 0.05) is 37.8 Å². The third kappa shape index (κ3) is 9.14. The Morgan fingerprint density at radius 2 is 1.65 bits per heavy atom. The van der Waals surface area contributed by atoms with Gasteiger partial charge in [0.1, 0.15) is 41.4 Å². The number of carbonyl (C=O) groups is 1. The average molecular weight is 790 g/mol. The standard InChI is InChI=1S/C40H71NO12S/c1-15-28-40(11,47-20-54-14)33(43)23(5)31-21(3)18-39(10,53-31)35(52-37-30(42)27(41(12)16-2)17-22(4)48-37)24(6)32(25(7)36(45)50-28)51-29-19-38(9,46-13)34(44)26(8)49-29/h22-30,32-35,37,42-44H,15-20H2,1-14H3/t22-,23+,24+,25-,26+,27+,28-,29+,30-,32+,33-,34+,35-,37+,38-,39-,40-/m1/s1. The molecule has 0 unspecified atom stereocenters. The number of nitrogens with zero attached hydrogens (tertiary/aromatic N) is 1. The van der Waals surface area contributed by atoms with Gasteiger partial charge in [-0.1, -0.05) is 27.7 Å². The molecule has 0 aliphatic carbocycles. The smallest absolute Gasteiger partial charge is 0.311 e. The van der Waals surface area contributed by atoms with Gasteiger partial charge in [-0.3, -0.25) is 4.79 Å². The van der Waals surface area contributed by atoms with E-state index in [1.54, 1.807) is 27.9 Å². The lowest BCUT2D eigenvalue weighted by Crippen LogP contribution is -2.60. The molecular weight excluding hydrogens is 719 g/mol. The van der Waals surface area contributed by atoms with Crippen LogP contribution in [0.5, 0.6) is 0 Å². The predicted octanol–water partition coefficient (Wildman–Crippen LogP) is 4.63. The van der Waals surface area contributed by atoms with Crippen molar-refractivity contribution in [2.45, 2.75) is 186 Å². The molecule has 0 aromatic heterocycles. The van der Waals surface area contributed by atoms with Gasteiger partial charge in [-0.05, 0) is 86.7 Å². The van der Waals surface area contributed by atoms with E-state index in [9.17, 15) is 20.1 Å². The summed E-state index contributed by atoms with van der Waals surface area (Å²) in [5, 5.41) is 35.0. The number of esters is 1. The van der Waals surface area contributed by atoms with Gasteiger partial charge >= 0.3 is 5.97 Å². The predicted molar refractivity (Wildman–Crippen MR) is 206 cm³/mol. The Hall–Kier alpha value is -1.04. The van der Waals surface area contributed by atoms with Gasteiger partial charge in [-0.25, -0.2) is 0 Å². The molecule has 0 aromatic carbocycles. The van der Waals surface area contributed by atoms with E-state index in [4.69, 9.17) is 37.9 Å². The fourth-order valence-electron chi connectivity index (χ4n) is 9.23. The molecule has 14 heteroatoms. The summed E-state index contributed by atoms with van der Waals surface area (Å²) < 4.78 is 52.0. The largest absolute Gasteiger partial charge is 0.489 e. The van der Waals surface area contributed by atoms with Gasteiger partial charge in [-0.15, -0.1) is 11.8 Å². The van der Waals surface area contributed by atoms with Gasteiger partial charge in [0.15, 0.2) is 12.6 Å². The first kappa shape index (κ1) is 45.7. The molecule has 3 N–H and O–H groups in total. The lowest BCUT2D eigenvalue weighted by Gasteiger charge is -2.48. The summed E-state index contributed by atoms with van der Waals surface area (Å²) in [6, 6.07) is -0.210. The highest BCUT2D eigenvalue weighted by molar-refractivity contribution is 7.98. The van der Waals surface area contributed by atoms with Crippen LogP contribution in [0.4, 0.5) is 0 Å². The number of aliphatic hydroxyl groups is 3. The molecule has 13 nitrogen and oxygen atoms in total. The summed E-state index contributed by atoms with van der Waals surface area (Å²) in [4.78, 5) is 16.6. The molecule has 0 radical (unpaired) electrons. The highest BCUT2D eigenvalue weighted by atomic mass is 32.2. The van der Waals surface area contributed by atoms with Crippen molar-refractivity contribution in [1.82, 2.24) is 4.90 Å². The van der Waals surface area contributed by atoms with E-state index in [-0.39, 0.29) is 24.5 Å². The van der Waals surface area contributed by atoms with Crippen molar-refractivity contribution in [3.63, 3.8) is 0 Å². The first-order chi connectivity index (χ1) is 25.2. The van der Waals surface area contributed by atoms with E-state index in [1.807, 2.05) is 68.7 Å². The van der Waals surface area contributed by atoms with Crippen LogP contribution in [0.1, 0.15) is 102 Å². The number of ether oxygens (including phenoxy) is 8. The van der Waals surface area contributed by atoms with Crippen molar-refractivity contribution in [3.05, 3.63) is 11.3 Å².